The number of hydrogen-bond acceptors (Lipinski definition) is 3. The van der Waals surface area contributed by atoms with Gasteiger partial charge in [0.05, 0.1) is 11.4 Å². The number of fused-ring (bicyclic) bond motifs is 3. The fourth-order valence-electron chi connectivity index (χ4n) is 8.68. The quantitative estimate of drug-likeness (QED) is 0.168. The second-order valence-electron chi connectivity index (χ2n) is 14.6. The zero-order valence-electron chi connectivity index (χ0n) is 31.0. The fourth-order valence-corrected chi connectivity index (χ4v) is 8.68. The van der Waals surface area contributed by atoms with Crippen LogP contribution in [0, 0.1) is 20.8 Å². The van der Waals surface area contributed by atoms with Gasteiger partial charge in [0.25, 0.3) is 0 Å². The molecule has 0 aliphatic rings. The molecule has 260 valence electrons. The van der Waals surface area contributed by atoms with E-state index in [9.17, 15) is 0 Å². The van der Waals surface area contributed by atoms with Crippen LogP contribution in [-0.2, 0) is 6.42 Å². The lowest BCUT2D eigenvalue weighted by Crippen LogP contribution is -2.12. The third-order valence-corrected chi connectivity index (χ3v) is 11.3. The second kappa shape index (κ2) is 12.5. The first-order valence-electron chi connectivity index (χ1n) is 18.9. The van der Waals surface area contributed by atoms with Crippen LogP contribution in [0.15, 0.2) is 156 Å². The Labute approximate surface area is 315 Å². The molecule has 10 aromatic rings. The number of rotatable bonds is 7. The van der Waals surface area contributed by atoms with Gasteiger partial charge in [-0.1, -0.05) is 134 Å². The molecule has 0 bridgehead atoms. The van der Waals surface area contributed by atoms with Gasteiger partial charge in [0.15, 0.2) is 5.58 Å². The minimum Gasteiger partial charge on any atom is -0.453 e. The van der Waals surface area contributed by atoms with Crippen LogP contribution in [0.2, 0.25) is 0 Å². The summed E-state index contributed by atoms with van der Waals surface area (Å²) in [5, 5.41) is 13.4. The Hall–Kier alpha value is -6.58. The number of nitrogens with one attached hydrogen (secondary N) is 1. The van der Waals surface area contributed by atoms with Gasteiger partial charge in [-0.2, -0.15) is 0 Å². The first kappa shape index (κ1) is 32.1. The first-order chi connectivity index (χ1) is 26.5. The fraction of sp³-hybridized carbons (Fsp3) is 0.0980. The predicted octanol–water partition coefficient (Wildman–Crippen LogP) is 14.9. The highest BCUT2D eigenvalue weighted by molar-refractivity contribution is 6.28. The van der Waals surface area contributed by atoms with Gasteiger partial charge < -0.3 is 14.6 Å². The molecule has 1 aromatic heterocycles. The minimum absolute atomic E-state index is 0.879. The van der Waals surface area contributed by atoms with Gasteiger partial charge >= 0.3 is 0 Å². The summed E-state index contributed by atoms with van der Waals surface area (Å²) < 4.78 is 7.11. The van der Waals surface area contributed by atoms with Crippen molar-refractivity contribution < 1.29 is 4.42 Å². The summed E-state index contributed by atoms with van der Waals surface area (Å²) in [5.74, 6) is 0. The van der Waals surface area contributed by atoms with Gasteiger partial charge in [-0.25, -0.2) is 0 Å². The molecule has 0 fully saturated rings. The molecule has 0 spiro atoms. The van der Waals surface area contributed by atoms with E-state index in [-0.39, 0.29) is 0 Å². The van der Waals surface area contributed by atoms with Crippen LogP contribution < -0.4 is 10.2 Å². The summed E-state index contributed by atoms with van der Waals surface area (Å²) >= 11 is 0. The van der Waals surface area contributed by atoms with Crippen molar-refractivity contribution in [3.63, 3.8) is 0 Å². The Morgan fingerprint density at radius 1 is 0.481 bits per heavy atom. The van der Waals surface area contributed by atoms with E-state index >= 15 is 0 Å². The molecule has 0 aliphatic carbocycles. The smallest absolute Gasteiger partial charge is 0.159 e. The number of anilines is 5. The molecular weight excluding hydrogens is 657 g/mol. The lowest BCUT2D eigenvalue weighted by atomic mass is 9.92. The molecule has 0 saturated carbocycles. The standard InChI is InChI=1S/C51H40N2O/c1-5-34-13-7-8-14-37(34)38-15-10-16-39-40-17-11-19-47(51(40)54-50(38)39)53(45-28-20-31(2)30-33(45)4)46-29-24-36-21-25-41-44(52-43-18-9-6-12-32(43)3)27-23-35-22-26-42(46)49(36)48(35)41/h6-30,52H,5H2,1-4H3. The topological polar surface area (TPSA) is 28.4 Å². The summed E-state index contributed by atoms with van der Waals surface area (Å²) in [6.07, 6.45) is 0.955. The van der Waals surface area contributed by atoms with Crippen LogP contribution in [0.25, 0.3) is 65.4 Å². The van der Waals surface area contributed by atoms with E-state index in [1.807, 2.05) is 0 Å². The maximum Gasteiger partial charge on any atom is 0.159 e. The third kappa shape index (κ3) is 4.96. The highest BCUT2D eigenvalue weighted by Gasteiger charge is 2.24. The van der Waals surface area contributed by atoms with Crippen molar-refractivity contribution in [3.8, 4) is 11.1 Å². The van der Waals surface area contributed by atoms with Crippen LogP contribution >= 0.6 is 0 Å². The lowest BCUT2D eigenvalue weighted by Gasteiger charge is -2.29. The minimum atomic E-state index is 0.879. The average Bonchev–Trinajstić information content (AvgIpc) is 3.59. The molecule has 0 radical (unpaired) electrons. The van der Waals surface area contributed by atoms with Gasteiger partial charge in [0.2, 0.25) is 0 Å². The molecule has 0 amide bonds. The van der Waals surface area contributed by atoms with Gasteiger partial charge in [0, 0.05) is 44.2 Å². The summed E-state index contributed by atoms with van der Waals surface area (Å²) in [6.45, 7) is 8.75. The lowest BCUT2D eigenvalue weighted by molar-refractivity contribution is 0.670. The highest BCUT2D eigenvalue weighted by atomic mass is 16.3. The van der Waals surface area contributed by atoms with E-state index in [0.29, 0.717) is 0 Å². The summed E-state index contributed by atoms with van der Waals surface area (Å²) in [6, 6.07) is 55.2. The number of nitrogens with zero attached hydrogens (tertiary/aromatic N) is 1. The monoisotopic (exact) mass is 696 g/mol. The predicted molar refractivity (Wildman–Crippen MR) is 231 cm³/mol. The Bertz CT molecular complexity index is 3060. The van der Waals surface area contributed by atoms with Crippen molar-refractivity contribution in [3.05, 3.63) is 174 Å². The molecule has 0 atom stereocenters. The summed E-state index contributed by atoms with van der Waals surface area (Å²) in [4.78, 5) is 2.43. The largest absolute Gasteiger partial charge is 0.453 e. The summed E-state index contributed by atoms with van der Waals surface area (Å²) in [7, 11) is 0. The molecule has 1 N–H and O–H groups in total. The van der Waals surface area contributed by atoms with Crippen LogP contribution in [0.5, 0.6) is 0 Å². The van der Waals surface area contributed by atoms with Crippen molar-refractivity contribution in [2.45, 2.75) is 34.1 Å². The highest BCUT2D eigenvalue weighted by Crippen LogP contribution is 2.49. The number of para-hydroxylation sites is 3. The Balaban J connectivity index is 1.24. The molecule has 3 heteroatoms. The molecule has 9 aromatic carbocycles. The van der Waals surface area contributed by atoms with E-state index in [0.717, 1.165) is 62.4 Å². The molecule has 0 saturated heterocycles. The SMILES string of the molecule is CCc1ccccc1-c1cccc2c1oc1c(N(c3ccc(C)cc3C)c3ccc4ccc5c(Nc6ccccc6C)ccc6ccc3c4c65)cccc12. The van der Waals surface area contributed by atoms with Crippen LogP contribution in [0.4, 0.5) is 28.4 Å². The number of aryl methyl sites for hydroxylation is 4. The molecule has 1 heterocycles. The molecule has 3 nitrogen and oxygen atoms in total. The maximum absolute atomic E-state index is 7.11. The molecule has 10 rings (SSSR count). The molecule has 0 unspecified atom stereocenters. The van der Waals surface area contributed by atoms with Gasteiger partial charge in [-0.3, -0.25) is 0 Å². The van der Waals surface area contributed by atoms with Gasteiger partial charge in [-0.05, 0) is 101 Å². The zero-order valence-corrected chi connectivity index (χ0v) is 31.0. The van der Waals surface area contributed by atoms with Crippen molar-refractivity contribution in [2.24, 2.45) is 0 Å². The van der Waals surface area contributed by atoms with Crippen LogP contribution in [0.1, 0.15) is 29.2 Å². The van der Waals surface area contributed by atoms with E-state index in [4.69, 9.17) is 4.42 Å². The molecular formula is C51H40N2O. The normalized spacial score (nSPS) is 11.8. The number of hydrogen-bond donors (Lipinski definition) is 1. The average molecular weight is 697 g/mol. The van der Waals surface area contributed by atoms with Crippen molar-refractivity contribution in [2.75, 3.05) is 10.2 Å². The van der Waals surface area contributed by atoms with Crippen molar-refractivity contribution in [1.82, 2.24) is 0 Å². The number of benzene rings is 9. The molecule has 0 aliphatic heterocycles. The first-order valence-corrected chi connectivity index (χ1v) is 18.9. The van der Waals surface area contributed by atoms with Gasteiger partial charge in [-0.15, -0.1) is 0 Å². The van der Waals surface area contributed by atoms with Crippen molar-refractivity contribution in [1.29, 1.82) is 0 Å². The Morgan fingerprint density at radius 3 is 1.96 bits per heavy atom. The second-order valence-corrected chi connectivity index (χ2v) is 14.6. The Kier molecular flexibility index (Phi) is 7.45. The maximum atomic E-state index is 7.11. The van der Waals surface area contributed by atoms with E-state index in [1.165, 1.54) is 60.1 Å². The zero-order chi connectivity index (χ0) is 36.5. The van der Waals surface area contributed by atoms with Crippen LogP contribution in [0.3, 0.4) is 0 Å². The Morgan fingerprint density at radius 2 is 1.15 bits per heavy atom. The van der Waals surface area contributed by atoms with E-state index in [2.05, 4.69) is 190 Å². The van der Waals surface area contributed by atoms with Crippen molar-refractivity contribution >= 4 is 82.7 Å². The van der Waals surface area contributed by atoms with Crippen LogP contribution in [-0.4, -0.2) is 0 Å². The van der Waals surface area contributed by atoms with Gasteiger partial charge in [0.1, 0.15) is 5.58 Å². The number of furan rings is 1. The summed E-state index contributed by atoms with van der Waals surface area (Å²) in [5.41, 5.74) is 14.6. The van der Waals surface area contributed by atoms with E-state index < -0.39 is 0 Å². The van der Waals surface area contributed by atoms with E-state index in [1.54, 1.807) is 0 Å². The third-order valence-electron chi connectivity index (χ3n) is 11.3. The molecule has 54 heavy (non-hydrogen) atoms.